The molecule has 1 aliphatic heterocycles. The van der Waals surface area contributed by atoms with E-state index in [1.807, 2.05) is 0 Å². The lowest BCUT2D eigenvalue weighted by molar-refractivity contribution is -0.0670. The minimum absolute atomic E-state index is 0.120. The summed E-state index contributed by atoms with van der Waals surface area (Å²) in [5.74, 6) is -3.18. The van der Waals surface area contributed by atoms with Gasteiger partial charge in [-0.2, -0.15) is 4.39 Å². The predicted molar refractivity (Wildman–Crippen MR) is 50.7 cm³/mol. The molecule has 1 aromatic heterocycles. The Bertz CT molecular complexity index is 440. The number of β-amino-alcohol motifs (C(OH)–C–C–N with tert-alkyl or cyclic N) is 1. The molecule has 86 valence electrons. The minimum Gasteiger partial charge on any atom is -0.386 e. The van der Waals surface area contributed by atoms with Crippen molar-refractivity contribution in [2.45, 2.75) is 12.5 Å². The first-order valence-electron chi connectivity index (χ1n) is 4.72. The molecule has 1 fully saturated rings. The zero-order valence-corrected chi connectivity index (χ0v) is 8.57. The van der Waals surface area contributed by atoms with E-state index in [1.165, 1.54) is 4.90 Å². The first-order chi connectivity index (χ1) is 7.41. The summed E-state index contributed by atoms with van der Waals surface area (Å²) in [6, 6.07) is 1.12. The van der Waals surface area contributed by atoms with Gasteiger partial charge in [-0.05, 0) is 13.0 Å². The minimum atomic E-state index is -1.29. The van der Waals surface area contributed by atoms with Crippen molar-refractivity contribution in [1.82, 2.24) is 9.88 Å². The van der Waals surface area contributed by atoms with E-state index >= 15 is 0 Å². The number of aromatic nitrogens is 1. The lowest BCUT2D eigenvalue weighted by Crippen LogP contribution is -2.61. The maximum Gasteiger partial charge on any atom is 0.257 e. The number of rotatable bonds is 1. The smallest absolute Gasteiger partial charge is 0.257 e. The van der Waals surface area contributed by atoms with E-state index in [1.54, 1.807) is 6.92 Å². The topological polar surface area (TPSA) is 53.4 Å². The summed E-state index contributed by atoms with van der Waals surface area (Å²) in [5.41, 5.74) is -1.29. The molecule has 2 heterocycles. The molecular formula is C10H10F2N2O2. The number of amides is 1. The molecule has 0 atom stereocenters. The SMILES string of the molecule is CC1(O)CN(C(=O)c2ccnc(F)c2F)C1. The second-order valence-electron chi connectivity index (χ2n) is 4.12. The van der Waals surface area contributed by atoms with E-state index in [0.717, 1.165) is 12.3 Å². The Kier molecular flexibility index (Phi) is 2.38. The number of pyridine rings is 1. The largest absolute Gasteiger partial charge is 0.386 e. The van der Waals surface area contributed by atoms with Gasteiger partial charge in [-0.15, -0.1) is 0 Å². The molecule has 2 rings (SSSR count). The van der Waals surface area contributed by atoms with Crippen molar-refractivity contribution in [2.75, 3.05) is 13.1 Å². The maximum absolute atomic E-state index is 13.2. The van der Waals surface area contributed by atoms with Crippen molar-refractivity contribution < 1.29 is 18.7 Å². The Morgan fingerprint density at radius 2 is 2.19 bits per heavy atom. The van der Waals surface area contributed by atoms with Crippen LogP contribution in [0.1, 0.15) is 17.3 Å². The second-order valence-corrected chi connectivity index (χ2v) is 4.12. The Hall–Kier alpha value is -1.56. The fraction of sp³-hybridized carbons (Fsp3) is 0.400. The Morgan fingerprint density at radius 1 is 1.56 bits per heavy atom. The van der Waals surface area contributed by atoms with Crippen LogP contribution in [0.15, 0.2) is 12.3 Å². The van der Waals surface area contributed by atoms with Crippen LogP contribution in [0.5, 0.6) is 0 Å². The summed E-state index contributed by atoms with van der Waals surface area (Å²) in [5, 5.41) is 9.43. The van der Waals surface area contributed by atoms with Gasteiger partial charge in [0.15, 0.2) is 5.82 Å². The lowest BCUT2D eigenvalue weighted by atomic mass is 9.96. The van der Waals surface area contributed by atoms with Gasteiger partial charge in [0.05, 0.1) is 24.3 Å². The molecule has 0 saturated carbocycles. The highest BCUT2D eigenvalue weighted by Crippen LogP contribution is 2.23. The fourth-order valence-electron chi connectivity index (χ4n) is 1.67. The van der Waals surface area contributed by atoms with Crippen molar-refractivity contribution in [1.29, 1.82) is 0 Å². The van der Waals surface area contributed by atoms with Crippen LogP contribution >= 0.6 is 0 Å². The first kappa shape index (κ1) is 10.9. The average Bonchev–Trinajstić information content (AvgIpc) is 2.17. The number of halogens is 2. The van der Waals surface area contributed by atoms with Crippen molar-refractivity contribution in [3.63, 3.8) is 0 Å². The molecule has 16 heavy (non-hydrogen) atoms. The molecule has 0 radical (unpaired) electrons. The van der Waals surface area contributed by atoms with Gasteiger partial charge in [0, 0.05) is 6.20 Å². The number of hydrogen-bond acceptors (Lipinski definition) is 3. The second kappa shape index (κ2) is 3.48. The highest BCUT2D eigenvalue weighted by Gasteiger charge is 2.40. The van der Waals surface area contributed by atoms with Gasteiger partial charge < -0.3 is 10.0 Å². The molecule has 1 aliphatic rings. The number of carbonyl (C=O) groups excluding carboxylic acids is 1. The van der Waals surface area contributed by atoms with E-state index < -0.39 is 23.3 Å². The zero-order chi connectivity index (χ0) is 11.9. The van der Waals surface area contributed by atoms with Crippen molar-refractivity contribution in [3.05, 3.63) is 29.6 Å². The van der Waals surface area contributed by atoms with Crippen LogP contribution in [-0.2, 0) is 0 Å². The Balaban J connectivity index is 2.20. The van der Waals surface area contributed by atoms with Gasteiger partial charge in [0.25, 0.3) is 5.91 Å². The molecule has 6 heteroatoms. The number of carbonyl (C=O) groups is 1. The molecule has 0 aliphatic carbocycles. The highest BCUT2D eigenvalue weighted by atomic mass is 19.2. The molecule has 0 aromatic carbocycles. The van der Waals surface area contributed by atoms with Gasteiger partial charge >= 0.3 is 0 Å². The molecular weight excluding hydrogens is 218 g/mol. The lowest BCUT2D eigenvalue weighted by Gasteiger charge is -2.44. The van der Waals surface area contributed by atoms with E-state index in [4.69, 9.17) is 0 Å². The van der Waals surface area contributed by atoms with Crippen molar-refractivity contribution in [2.24, 2.45) is 0 Å². The molecule has 0 unspecified atom stereocenters. The molecule has 1 saturated heterocycles. The standard InChI is InChI=1S/C10H10F2N2O2/c1-10(16)4-14(5-10)9(15)6-2-3-13-8(12)7(6)11/h2-3,16H,4-5H2,1H3. The number of nitrogens with zero attached hydrogens (tertiary/aromatic N) is 2. The van der Waals surface area contributed by atoms with Crippen LogP contribution in [0.4, 0.5) is 8.78 Å². The average molecular weight is 228 g/mol. The molecule has 0 bridgehead atoms. The summed E-state index contributed by atoms with van der Waals surface area (Å²) in [6.07, 6.45) is 1.03. The summed E-state index contributed by atoms with van der Waals surface area (Å²) < 4.78 is 26.0. The third-order valence-corrected chi connectivity index (χ3v) is 2.43. The van der Waals surface area contributed by atoms with E-state index in [-0.39, 0.29) is 18.7 Å². The van der Waals surface area contributed by atoms with Crippen LogP contribution in [0.25, 0.3) is 0 Å². The third-order valence-electron chi connectivity index (χ3n) is 2.43. The van der Waals surface area contributed by atoms with Crippen LogP contribution in [-0.4, -0.2) is 39.6 Å². The van der Waals surface area contributed by atoms with Crippen molar-refractivity contribution >= 4 is 5.91 Å². The van der Waals surface area contributed by atoms with Crippen LogP contribution < -0.4 is 0 Å². The quantitative estimate of drug-likeness (QED) is 0.715. The monoisotopic (exact) mass is 228 g/mol. The molecule has 1 aromatic rings. The van der Waals surface area contributed by atoms with Gasteiger partial charge in [-0.25, -0.2) is 9.37 Å². The van der Waals surface area contributed by atoms with Crippen LogP contribution in [0.2, 0.25) is 0 Å². The third kappa shape index (κ3) is 1.76. The van der Waals surface area contributed by atoms with Gasteiger partial charge in [0.1, 0.15) is 0 Å². The molecule has 1 N–H and O–H groups in total. The summed E-state index contributed by atoms with van der Waals surface area (Å²) in [6.45, 7) is 1.81. The fourth-order valence-corrected chi connectivity index (χ4v) is 1.67. The van der Waals surface area contributed by atoms with E-state index in [0.29, 0.717) is 0 Å². The molecule has 1 amide bonds. The maximum atomic E-state index is 13.2. The first-order valence-corrected chi connectivity index (χ1v) is 4.72. The van der Waals surface area contributed by atoms with E-state index in [2.05, 4.69) is 4.98 Å². The number of hydrogen-bond donors (Lipinski definition) is 1. The highest BCUT2D eigenvalue weighted by molar-refractivity contribution is 5.95. The number of likely N-dealkylation sites (tertiary alicyclic amines) is 1. The van der Waals surface area contributed by atoms with E-state index in [9.17, 15) is 18.7 Å². The Labute approximate surface area is 90.5 Å². The molecule has 0 spiro atoms. The van der Waals surface area contributed by atoms with Crippen LogP contribution in [0.3, 0.4) is 0 Å². The zero-order valence-electron chi connectivity index (χ0n) is 8.57. The van der Waals surface area contributed by atoms with Crippen LogP contribution in [0, 0.1) is 11.8 Å². The molecule has 4 nitrogen and oxygen atoms in total. The summed E-state index contributed by atoms with van der Waals surface area (Å²) in [4.78, 5) is 16.0. The van der Waals surface area contributed by atoms with Gasteiger partial charge in [-0.3, -0.25) is 4.79 Å². The predicted octanol–water partition coefficient (Wildman–Crippen LogP) is 0.567. The summed E-state index contributed by atoms with van der Waals surface area (Å²) >= 11 is 0. The van der Waals surface area contributed by atoms with Gasteiger partial charge in [0.2, 0.25) is 5.95 Å². The normalized spacial score (nSPS) is 18.1. The van der Waals surface area contributed by atoms with Crippen molar-refractivity contribution in [3.8, 4) is 0 Å². The summed E-state index contributed by atoms with van der Waals surface area (Å²) in [7, 11) is 0. The number of aliphatic hydroxyl groups is 1. The van der Waals surface area contributed by atoms with Gasteiger partial charge in [-0.1, -0.05) is 0 Å². The Morgan fingerprint density at radius 3 is 2.75 bits per heavy atom.